The second-order valence-electron chi connectivity index (χ2n) is 4.98. The molecule has 2 rings (SSSR count). The number of methoxy groups -OCH3 is 1. The van der Waals surface area contributed by atoms with Gasteiger partial charge in [0, 0.05) is 16.7 Å². The molecule has 0 aliphatic heterocycles. The number of benzene rings is 1. The number of amides is 2. The summed E-state index contributed by atoms with van der Waals surface area (Å²) < 4.78 is 10.7. The Balaban J connectivity index is 2.06. The fourth-order valence-electron chi connectivity index (χ4n) is 2.04. The summed E-state index contributed by atoms with van der Waals surface area (Å²) in [6.45, 7) is 2.65. The topological polar surface area (TPSA) is 84.7 Å². The Morgan fingerprint density at radius 3 is 2.88 bits per heavy atom. The molecule has 1 aromatic carbocycles. The lowest BCUT2D eigenvalue weighted by Gasteiger charge is -2.21. The molecule has 2 aromatic rings. The van der Waals surface area contributed by atoms with Gasteiger partial charge in [0.05, 0.1) is 13.7 Å². The number of anilines is 1. The molecule has 0 unspecified atom stereocenters. The van der Waals surface area contributed by atoms with Crippen LogP contribution in [0.1, 0.15) is 29.7 Å². The Labute approximate surface area is 148 Å². The molecule has 0 bridgehead atoms. The van der Waals surface area contributed by atoms with E-state index in [1.165, 1.54) is 13.4 Å². The summed E-state index contributed by atoms with van der Waals surface area (Å²) in [7, 11) is 1.27. The first-order valence-corrected chi connectivity index (χ1v) is 8.17. The van der Waals surface area contributed by atoms with Crippen LogP contribution in [0.4, 0.5) is 10.5 Å². The highest BCUT2D eigenvalue weighted by molar-refractivity contribution is 9.10. The zero-order chi connectivity index (χ0) is 17.5. The Morgan fingerprint density at radius 2 is 2.21 bits per heavy atom. The molecule has 0 radical (unpaired) electrons. The minimum absolute atomic E-state index is 0.0800. The van der Waals surface area contributed by atoms with Crippen molar-refractivity contribution in [1.29, 1.82) is 0 Å². The molecule has 7 nitrogen and oxygen atoms in total. The number of nitrogens with zero attached hydrogens (tertiary/aromatic N) is 2. The summed E-state index contributed by atoms with van der Waals surface area (Å²) in [6, 6.07) is 7.05. The molecule has 0 aliphatic rings. The van der Waals surface area contributed by atoms with Crippen molar-refractivity contribution in [3.63, 3.8) is 0 Å². The summed E-state index contributed by atoms with van der Waals surface area (Å²) in [6.07, 6.45) is 1.99. The maximum absolute atomic E-state index is 12.5. The van der Waals surface area contributed by atoms with Gasteiger partial charge >= 0.3 is 12.0 Å². The number of carbonyl (C=O) groups excluding carboxylic acids is 2. The first kappa shape index (κ1) is 18.0. The molecule has 8 heteroatoms. The number of urea groups is 1. The molecule has 0 atom stereocenters. The van der Waals surface area contributed by atoms with E-state index in [-0.39, 0.29) is 24.2 Å². The number of oxazole rings is 1. The van der Waals surface area contributed by atoms with Crippen LogP contribution in [0.3, 0.4) is 0 Å². The molecule has 0 aliphatic carbocycles. The van der Waals surface area contributed by atoms with E-state index >= 15 is 0 Å². The number of nitrogens with one attached hydrogen (secondary N) is 1. The standard InChI is InChI=1S/C16H18BrN3O4/c1-3-7-20(9-14-19-13(10-24-14)15(21)23-2)16(22)18-12-6-4-5-11(17)8-12/h4-6,8,10H,3,7,9H2,1-2H3,(H,18,22). The Kier molecular flexibility index (Phi) is 6.36. The van der Waals surface area contributed by atoms with Crippen molar-refractivity contribution < 1.29 is 18.7 Å². The van der Waals surface area contributed by atoms with Crippen molar-refractivity contribution in [3.8, 4) is 0 Å². The molecule has 0 spiro atoms. The van der Waals surface area contributed by atoms with Gasteiger partial charge in [-0.3, -0.25) is 0 Å². The lowest BCUT2D eigenvalue weighted by atomic mass is 10.3. The lowest BCUT2D eigenvalue weighted by Crippen LogP contribution is -2.35. The number of aromatic nitrogens is 1. The van der Waals surface area contributed by atoms with Crippen LogP contribution in [0.2, 0.25) is 0 Å². The van der Waals surface area contributed by atoms with E-state index in [0.29, 0.717) is 12.2 Å². The van der Waals surface area contributed by atoms with Crippen molar-refractivity contribution in [1.82, 2.24) is 9.88 Å². The van der Waals surface area contributed by atoms with E-state index in [0.717, 1.165) is 10.9 Å². The maximum atomic E-state index is 12.5. The van der Waals surface area contributed by atoms with Crippen LogP contribution >= 0.6 is 15.9 Å². The monoisotopic (exact) mass is 395 g/mol. The minimum atomic E-state index is -0.578. The second kappa shape index (κ2) is 8.49. The maximum Gasteiger partial charge on any atom is 0.360 e. The van der Waals surface area contributed by atoms with Gasteiger partial charge in [-0.2, -0.15) is 0 Å². The van der Waals surface area contributed by atoms with Crippen LogP contribution in [-0.4, -0.2) is 35.5 Å². The van der Waals surface area contributed by atoms with E-state index < -0.39 is 5.97 Å². The van der Waals surface area contributed by atoms with Crippen LogP contribution in [0.25, 0.3) is 0 Å². The van der Waals surface area contributed by atoms with Crippen LogP contribution in [0.5, 0.6) is 0 Å². The third kappa shape index (κ3) is 4.82. The molecule has 24 heavy (non-hydrogen) atoms. The largest absolute Gasteiger partial charge is 0.464 e. The van der Waals surface area contributed by atoms with Gasteiger partial charge in [0.1, 0.15) is 6.26 Å². The van der Waals surface area contributed by atoms with E-state index in [9.17, 15) is 9.59 Å². The summed E-state index contributed by atoms with van der Waals surface area (Å²) >= 11 is 3.36. The number of hydrogen-bond donors (Lipinski definition) is 1. The number of rotatable bonds is 6. The SMILES string of the molecule is CCCN(Cc1nc(C(=O)OC)co1)C(=O)Nc1cccc(Br)c1. The van der Waals surface area contributed by atoms with Gasteiger partial charge in [-0.15, -0.1) is 0 Å². The average Bonchev–Trinajstić information content (AvgIpc) is 3.02. The molecule has 0 saturated heterocycles. The first-order chi connectivity index (χ1) is 11.5. The molecule has 0 saturated carbocycles. The quantitative estimate of drug-likeness (QED) is 0.754. The van der Waals surface area contributed by atoms with Crippen molar-refractivity contribution in [2.45, 2.75) is 19.9 Å². The predicted octanol–water partition coefficient (Wildman–Crippen LogP) is 3.67. The molecule has 1 N–H and O–H groups in total. The number of hydrogen-bond acceptors (Lipinski definition) is 5. The van der Waals surface area contributed by atoms with Gasteiger partial charge in [-0.1, -0.05) is 28.9 Å². The van der Waals surface area contributed by atoms with Crippen LogP contribution in [0, 0.1) is 0 Å². The average molecular weight is 396 g/mol. The first-order valence-electron chi connectivity index (χ1n) is 7.37. The molecule has 2 amide bonds. The van der Waals surface area contributed by atoms with Gasteiger partial charge in [0.15, 0.2) is 5.69 Å². The Bertz CT molecular complexity index is 717. The molecule has 0 fully saturated rings. The molecule has 128 valence electrons. The summed E-state index contributed by atoms with van der Waals surface area (Å²) in [5, 5.41) is 2.82. The summed E-state index contributed by atoms with van der Waals surface area (Å²) in [4.78, 5) is 29.5. The van der Waals surface area contributed by atoms with Crippen molar-refractivity contribution in [2.75, 3.05) is 19.0 Å². The second-order valence-corrected chi connectivity index (χ2v) is 5.90. The van der Waals surface area contributed by atoms with Crippen molar-refractivity contribution >= 4 is 33.6 Å². The highest BCUT2D eigenvalue weighted by Crippen LogP contribution is 2.17. The Morgan fingerprint density at radius 1 is 1.42 bits per heavy atom. The number of carbonyl (C=O) groups is 2. The summed E-state index contributed by atoms with van der Waals surface area (Å²) in [5.74, 6) is -0.307. The van der Waals surface area contributed by atoms with E-state index in [2.05, 4.69) is 31.0 Å². The predicted molar refractivity (Wildman–Crippen MR) is 91.7 cm³/mol. The number of ether oxygens (including phenoxy) is 1. The lowest BCUT2D eigenvalue weighted by molar-refractivity contribution is 0.0594. The zero-order valence-corrected chi connectivity index (χ0v) is 15.0. The third-order valence-corrected chi connectivity index (χ3v) is 3.62. The molecule has 1 aromatic heterocycles. The van der Waals surface area contributed by atoms with Crippen molar-refractivity contribution in [3.05, 3.63) is 46.6 Å². The van der Waals surface area contributed by atoms with Crippen molar-refractivity contribution in [2.24, 2.45) is 0 Å². The van der Waals surface area contributed by atoms with E-state index in [4.69, 9.17) is 4.42 Å². The number of esters is 1. The third-order valence-electron chi connectivity index (χ3n) is 3.13. The van der Waals surface area contributed by atoms with E-state index in [1.807, 2.05) is 25.1 Å². The normalized spacial score (nSPS) is 10.3. The van der Waals surface area contributed by atoms with Gasteiger partial charge in [0.2, 0.25) is 5.89 Å². The van der Waals surface area contributed by atoms with Crippen LogP contribution in [-0.2, 0) is 11.3 Å². The highest BCUT2D eigenvalue weighted by atomic mass is 79.9. The fraction of sp³-hybridized carbons (Fsp3) is 0.312. The van der Waals surface area contributed by atoms with Gasteiger partial charge in [-0.25, -0.2) is 14.6 Å². The molecular weight excluding hydrogens is 378 g/mol. The van der Waals surface area contributed by atoms with E-state index in [1.54, 1.807) is 11.0 Å². The van der Waals surface area contributed by atoms with Crippen LogP contribution in [0.15, 0.2) is 39.4 Å². The van der Waals surface area contributed by atoms with Crippen LogP contribution < -0.4 is 5.32 Å². The van der Waals surface area contributed by atoms with Gasteiger partial charge in [-0.05, 0) is 24.6 Å². The van der Waals surface area contributed by atoms with Gasteiger partial charge < -0.3 is 19.4 Å². The fourth-order valence-corrected chi connectivity index (χ4v) is 2.44. The minimum Gasteiger partial charge on any atom is -0.464 e. The molecule has 1 heterocycles. The van der Waals surface area contributed by atoms with Gasteiger partial charge in [0.25, 0.3) is 0 Å². The molecular formula is C16H18BrN3O4. The smallest absolute Gasteiger partial charge is 0.360 e. The number of halogens is 1. The highest BCUT2D eigenvalue weighted by Gasteiger charge is 2.18. The zero-order valence-electron chi connectivity index (χ0n) is 13.4. The Hall–Kier alpha value is -2.35. The summed E-state index contributed by atoms with van der Waals surface area (Å²) in [5.41, 5.74) is 0.759.